The van der Waals surface area contributed by atoms with Gasteiger partial charge in [0.05, 0.1) is 5.02 Å². The van der Waals surface area contributed by atoms with Gasteiger partial charge in [-0.05, 0) is 39.9 Å². The number of amides is 1. The maximum absolute atomic E-state index is 12.6. The van der Waals surface area contributed by atoms with E-state index in [1.807, 2.05) is 48.5 Å². The monoisotopic (exact) mass is 460 g/mol. The van der Waals surface area contributed by atoms with E-state index in [2.05, 4.69) is 22.4 Å². The molecular formula is C26H21ClN2O4. The Kier molecular flexibility index (Phi) is 5.52. The minimum atomic E-state index is -1.16. The minimum Gasteiger partial charge on any atom is -0.480 e. The molecule has 3 N–H and O–H groups in total. The molecule has 3 aromatic carbocycles. The molecule has 0 saturated heterocycles. The molecule has 0 unspecified atom stereocenters. The molecule has 1 aromatic heterocycles. The van der Waals surface area contributed by atoms with E-state index < -0.39 is 18.1 Å². The van der Waals surface area contributed by atoms with Crippen LogP contribution in [0.15, 0.2) is 72.9 Å². The van der Waals surface area contributed by atoms with Crippen LogP contribution in [0.3, 0.4) is 0 Å². The molecule has 4 aromatic rings. The number of alkyl carbamates (subject to hydrolysis) is 1. The predicted molar refractivity (Wildman–Crippen MR) is 127 cm³/mol. The predicted octanol–water partition coefficient (Wildman–Crippen LogP) is 5.36. The van der Waals surface area contributed by atoms with E-state index in [1.165, 1.54) is 0 Å². The molecule has 166 valence electrons. The highest BCUT2D eigenvalue weighted by Crippen LogP contribution is 2.44. The van der Waals surface area contributed by atoms with Gasteiger partial charge in [0.15, 0.2) is 0 Å². The number of hydrogen-bond donors (Lipinski definition) is 3. The standard InChI is InChI=1S/C26H21ClN2O4/c27-21-10-5-11-22-24(21)15(13-28-22)12-23(25(30)31)29-26(32)33-14-20-18-8-3-1-6-16(18)17-7-2-4-9-19(17)20/h1-11,13,20,23,28H,12,14H2,(H,29,32)(H,30,31)/t23-/m0/s1. The Bertz CT molecular complexity index is 1320. The van der Waals surface area contributed by atoms with Crippen LogP contribution in [0, 0.1) is 0 Å². The number of halogens is 1. The summed E-state index contributed by atoms with van der Waals surface area (Å²) in [5, 5.41) is 13.5. The third kappa shape index (κ3) is 3.94. The van der Waals surface area contributed by atoms with Crippen molar-refractivity contribution < 1.29 is 19.4 Å². The van der Waals surface area contributed by atoms with Crippen molar-refractivity contribution in [2.75, 3.05) is 6.61 Å². The van der Waals surface area contributed by atoms with Gasteiger partial charge in [0.25, 0.3) is 0 Å². The Morgan fingerprint density at radius 2 is 1.67 bits per heavy atom. The molecule has 1 aliphatic carbocycles. The number of rotatable bonds is 6. The maximum atomic E-state index is 12.6. The summed E-state index contributed by atoms with van der Waals surface area (Å²) in [4.78, 5) is 27.5. The van der Waals surface area contributed by atoms with Crippen LogP contribution in [-0.4, -0.2) is 34.8 Å². The zero-order valence-electron chi connectivity index (χ0n) is 17.5. The lowest BCUT2D eigenvalue weighted by molar-refractivity contribution is -0.139. The highest BCUT2D eigenvalue weighted by Gasteiger charge is 2.30. The molecule has 0 spiro atoms. The number of H-pyrrole nitrogens is 1. The van der Waals surface area contributed by atoms with Gasteiger partial charge in [-0.2, -0.15) is 0 Å². The van der Waals surface area contributed by atoms with Crippen LogP contribution in [-0.2, 0) is 16.0 Å². The molecule has 0 radical (unpaired) electrons. The van der Waals surface area contributed by atoms with Crippen LogP contribution in [0.2, 0.25) is 5.02 Å². The maximum Gasteiger partial charge on any atom is 0.407 e. The number of nitrogens with one attached hydrogen (secondary N) is 2. The number of benzene rings is 3. The van der Waals surface area contributed by atoms with E-state index in [0.717, 1.165) is 33.2 Å². The van der Waals surface area contributed by atoms with E-state index in [0.29, 0.717) is 10.6 Å². The fourth-order valence-electron chi connectivity index (χ4n) is 4.57. The number of carboxylic acids is 1. The van der Waals surface area contributed by atoms with Crippen molar-refractivity contribution >= 4 is 34.6 Å². The third-order valence-electron chi connectivity index (χ3n) is 6.09. The second-order valence-corrected chi connectivity index (χ2v) is 8.45. The lowest BCUT2D eigenvalue weighted by Crippen LogP contribution is -2.42. The Labute approximate surface area is 195 Å². The van der Waals surface area contributed by atoms with Crippen molar-refractivity contribution in [1.82, 2.24) is 10.3 Å². The van der Waals surface area contributed by atoms with E-state index in [9.17, 15) is 14.7 Å². The molecule has 33 heavy (non-hydrogen) atoms. The number of carboxylic acid groups (broad SMARTS) is 1. The third-order valence-corrected chi connectivity index (χ3v) is 6.41. The van der Waals surface area contributed by atoms with Gasteiger partial charge >= 0.3 is 12.1 Å². The lowest BCUT2D eigenvalue weighted by atomic mass is 9.98. The normalized spacial score (nSPS) is 13.4. The van der Waals surface area contributed by atoms with Gasteiger partial charge in [-0.3, -0.25) is 0 Å². The Hall–Kier alpha value is -3.77. The van der Waals surface area contributed by atoms with Gasteiger partial charge in [-0.15, -0.1) is 0 Å². The zero-order valence-corrected chi connectivity index (χ0v) is 18.3. The number of aromatic nitrogens is 1. The Morgan fingerprint density at radius 1 is 1.00 bits per heavy atom. The molecule has 1 aliphatic rings. The van der Waals surface area contributed by atoms with E-state index in [-0.39, 0.29) is 18.9 Å². The average Bonchev–Trinajstić information content (AvgIpc) is 3.37. The highest BCUT2D eigenvalue weighted by atomic mass is 35.5. The molecule has 6 nitrogen and oxygen atoms in total. The first kappa shape index (κ1) is 21.1. The molecule has 0 bridgehead atoms. The molecule has 5 rings (SSSR count). The van der Waals surface area contributed by atoms with Gasteiger partial charge in [-0.1, -0.05) is 66.2 Å². The highest BCUT2D eigenvalue weighted by molar-refractivity contribution is 6.35. The number of carbonyl (C=O) groups is 2. The van der Waals surface area contributed by atoms with Crippen LogP contribution in [0.25, 0.3) is 22.0 Å². The number of hydrogen-bond acceptors (Lipinski definition) is 3. The summed E-state index contributed by atoms with van der Waals surface area (Å²) in [6.07, 6.45) is 1.02. The van der Waals surface area contributed by atoms with Crippen molar-refractivity contribution in [3.8, 4) is 11.1 Å². The van der Waals surface area contributed by atoms with Gasteiger partial charge < -0.3 is 20.1 Å². The van der Waals surface area contributed by atoms with E-state index in [1.54, 1.807) is 12.3 Å². The summed E-state index contributed by atoms with van der Waals surface area (Å²) in [5.74, 6) is -1.25. The van der Waals surface area contributed by atoms with Gasteiger partial charge in [0.2, 0.25) is 0 Å². The summed E-state index contributed by atoms with van der Waals surface area (Å²) in [5.41, 5.74) is 5.96. The van der Waals surface area contributed by atoms with Gasteiger partial charge in [-0.25, -0.2) is 9.59 Å². The molecule has 1 atom stereocenters. The van der Waals surface area contributed by atoms with Crippen molar-refractivity contribution in [3.63, 3.8) is 0 Å². The van der Waals surface area contributed by atoms with Crippen molar-refractivity contribution in [3.05, 3.63) is 94.6 Å². The number of ether oxygens (including phenoxy) is 1. The average molecular weight is 461 g/mol. The topological polar surface area (TPSA) is 91.4 Å². The van der Waals surface area contributed by atoms with E-state index in [4.69, 9.17) is 16.3 Å². The summed E-state index contributed by atoms with van der Waals surface area (Å²) in [6.45, 7) is 0.116. The van der Waals surface area contributed by atoms with Gasteiger partial charge in [0, 0.05) is 29.4 Å². The van der Waals surface area contributed by atoms with Crippen LogP contribution < -0.4 is 5.32 Å². The molecular weight excluding hydrogens is 440 g/mol. The number of fused-ring (bicyclic) bond motifs is 4. The second kappa shape index (κ2) is 8.64. The first-order valence-corrected chi connectivity index (χ1v) is 11.0. The van der Waals surface area contributed by atoms with Gasteiger partial charge in [0.1, 0.15) is 12.6 Å². The summed E-state index contributed by atoms with van der Waals surface area (Å²) >= 11 is 6.30. The number of aromatic amines is 1. The Balaban J connectivity index is 1.29. The summed E-state index contributed by atoms with van der Waals surface area (Å²) in [7, 11) is 0. The molecule has 0 saturated carbocycles. The summed E-state index contributed by atoms with van der Waals surface area (Å²) < 4.78 is 5.50. The second-order valence-electron chi connectivity index (χ2n) is 8.04. The first-order chi connectivity index (χ1) is 16.0. The first-order valence-electron chi connectivity index (χ1n) is 10.6. The molecule has 1 amide bonds. The molecule has 0 aliphatic heterocycles. The molecule has 1 heterocycles. The number of aliphatic carboxylic acids is 1. The van der Waals surface area contributed by atoms with E-state index >= 15 is 0 Å². The Morgan fingerprint density at radius 3 is 2.33 bits per heavy atom. The van der Waals surface area contributed by atoms with Crippen molar-refractivity contribution in [1.29, 1.82) is 0 Å². The summed E-state index contributed by atoms with van der Waals surface area (Å²) in [6, 6.07) is 20.3. The number of carbonyl (C=O) groups excluding carboxylic acids is 1. The van der Waals surface area contributed by atoms with Crippen molar-refractivity contribution in [2.24, 2.45) is 0 Å². The smallest absolute Gasteiger partial charge is 0.407 e. The van der Waals surface area contributed by atoms with Crippen LogP contribution in [0.5, 0.6) is 0 Å². The zero-order chi connectivity index (χ0) is 22.9. The quantitative estimate of drug-likeness (QED) is 0.361. The lowest BCUT2D eigenvalue weighted by Gasteiger charge is -2.17. The largest absolute Gasteiger partial charge is 0.480 e. The molecule has 7 heteroatoms. The van der Waals surface area contributed by atoms with Crippen LogP contribution >= 0.6 is 11.6 Å². The van der Waals surface area contributed by atoms with Crippen LogP contribution in [0.4, 0.5) is 4.79 Å². The SMILES string of the molecule is O=C(N[C@@H](Cc1c[nH]c2cccc(Cl)c12)C(=O)O)OCC1c2ccccc2-c2ccccc21. The molecule has 0 fully saturated rings. The van der Waals surface area contributed by atoms with Crippen LogP contribution in [0.1, 0.15) is 22.6 Å². The minimum absolute atomic E-state index is 0.0727. The fourth-order valence-corrected chi connectivity index (χ4v) is 4.87. The fraction of sp³-hybridized carbons (Fsp3) is 0.154. The van der Waals surface area contributed by atoms with Crippen molar-refractivity contribution in [2.45, 2.75) is 18.4 Å².